The average Bonchev–Trinajstić information content (AvgIpc) is 3.01. The number of imidazole rings is 1. The Bertz CT molecular complexity index is 848. The zero-order valence-electron chi connectivity index (χ0n) is 14.9. The summed E-state index contributed by atoms with van der Waals surface area (Å²) in [6.45, 7) is 11.1. The summed E-state index contributed by atoms with van der Waals surface area (Å²) in [7, 11) is 0. The predicted octanol–water partition coefficient (Wildman–Crippen LogP) is 6.11. The highest BCUT2D eigenvalue weighted by atomic mass is 35.5. The number of hydrogen-bond donors (Lipinski definition) is 0. The maximum Gasteiger partial charge on any atom is 0.0991 e. The van der Waals surface area contributed by atoms with Crippen LogP contribution in [0.25, 0.3) is 16.8 Å². The van der Waals surface area contributed by atoms with Crippen molar-refractivity contribution in [3.05, 3.63) is 70.8 Å². The van der Waals surface area contributed by atoms with Gasteiger partial charge in [0.2, 0.25) is 0 Å². The molecule has 1 aromatic heterocycles. The van der Waals surface area contributed by atoms with Crippen LogP contribution in [-0.4, -0.2) is 9.55 Å². The molecule has 0 fully saturated rings. The van der Waals surface area contributed by atoms with E-state index in [9.17, 15) is 0 Å². The van der Waals surface area contributed by atoms with Crippen LogP contribution >= 0.6 is 11.6 Å². The molecule has 3 heteroatoms. The Balaban J connectivity index is 2.17. The molecule has 0 bridgehead atoms. The third-order valence-corrected chi connectivity index (χ3v) is 4.75. The second-order valence-corrected chi connectivity index (χ2v) is 7.78. The molecule has 1 heterocycles. The molecule has 0 N–H and O–H groups in total. The van der Waals surface area contributed by atoms with E-state index in [1.54, 1.807) is 12.5 Å². The molecule has 0 spiro atoms. The van der Waals surface area contributed by atoms with Gasteiger partial charge in [-0.05, 0) is 59.7 Å². The first-order chi connectivity index (χ1) is 11.3. The summed E-state index contributed by atoms with van der Waals surface area (Å²) < 4.78 is 1.99. The van der Waals surface area contributed by atoms with E-state index in [2.05, 4.69) is 57.8 Å². The van der Waals surface area contributed by atoms with Crippen LogP contribution in [0.5, 0.6) is 0 Å². The van der Waals surface area contributed by atoms with Crippen LogP contribution in [-0.2, 0) is 5.41 Å². The van der Waals surface area contributed by atoms with Gasteiger partial charge in [0.05, 0.1) is 6.33 Å². The number of benzene rings is 2. The van der Waals surface area contributed by atoms with Gasteiger partial charge >= 0.3 is 0 Å². The third kappa shape index (κ3) is 3.11. The van der Waals surface area contributed by atoms with Gasteiger partial charge in [0.15, 0.2) is 0 Å². The fourth-order valence-corrected chi connectivity index (χ4v) is 3.31. The standard InChI is InChI=1S/C21H23ClN2/c1-14-10-16(21(3,4)5)11-15(2)20(14)18-12-17(6-7-19(18)22)24-9-8-23-13-24/h6-13H,1-5H3. The van der Waals surface area contributed by atoms with E-state index < -0.39 is 0 Å². The summed E-state index contributed by atoms with van der Waals surface area (Å²) in [6, 6.07) is 10.7. The van der Waals surface area contributed by atoms with Gasteiger partial charge in [-0.25, -0.2) is 4.98 Å². The van der Waals surface area contributed by atoms with Gasteiger partial charge in [-0.1, -0.05) is 44.5 Å². The van der Waals surface area contributed by atoms with Crippen LogP contribution in [0.15, 0.2) is 49.1 Å². The van der Waals surface area contributed by atoms with E-state index in [1.165, 1.54) is 22.3 Å². The minimum absolute atomic E-state index is 0.135. The largest absolute Gasteiger partial charge is 0.306 e. The molecule has 3 rings (SSSR count). The van der Waals surface area contributed by atoms with Gasteiger partial charge in [-0.15, -0.1) is 0 Å². The third-order valence-electron chi connectivity index (χ3n) is 4.42. The summed E-state index contributed by atoms with van der Waals surface area (Å²) >= 11 is 6.54. The van der Waals surface area contributed by atoms with Crippen molar-refractivity contribution in [2.45, 2.75) is 40.0 Å². The first-order valence-corrected chi connectivity index (χ1v) is 8.55. The van der Waals surface area contributed by atoms with Gasteiger partial charge in [-0.2, -0.15) is 0 Å². The number of rotatable bonds is 2. The van der Waals surface area contributed by atoms with Crippen molar-refractivity contribution in [3.63, 3.8) is 0 Å². The first-order valence-electron chi connectivity index (χ1n) is 8.17. The Morgan fingerprint density at radius 1 is 1.00 bits per heavy atom. The molecule has 3 aromatic rings. The van der Waals surface area contributed by atoms with Gasteiger partial charge in [0, 0.05) is 28.7 Å². The Hall–Kier alpha value is -2.06. The molecule has 0 atom stereocenters. The smallest absolute Gasteiger partial charge is 0.0991 e. The predicted molar refractivity (Wildman–Crippen MR) is 102 cm³/mol. The van der Waals surface area contributed by atoms with Gasteiger partial charge in [-0.3, -0.25) is 0 Å². The molecule has 124 valence electrons. The Morgan fingerprint density at radius 3 is 2.21 bits per heavy atom. The van der Waals surface area contributed by atoms with Crippen LogP contribution < -0.4 is 0 Å². The minimum atomic E-state index is 0.135. The summed E-state index contributed by atoms with van der Waals surface area (Å²) in [5.41, 5.74) is 7.34. The zero-order valence-corrected chi connectivity index (χ0v) is 15.6. The van der Waals surface area contributed by atoms with Crippen LogP contribution in [0.1, 0.15) is 37.5 Å². The molecule has 0 aliphatic carbocycles. The summed E-state index contributed by atoms with van der Waals surface area (Å²) in [5.74, 6) is 0. The lowest BCUT2D eigenvalue weighted by atomic mass is 9.82. The molecular formula is C21H23ClN2. The molecular weight excluding hydrogens is 316 g/mol. The van der Waals surface area contributed by atoms with Crippen LogP contribution in [0.3, 0.4) is 0 Å². The first kappa shape index (κ1) is 16.8. The van der Waals surface area contributed by atoms with Crippen molar-refractivity contribution in [2.24, 2.45) is 0 Å². The average molecular weight is 339 g/mol. The minimum Gasteiger partial charge on any atom is -0.306 e. The van der Waals surface area contributed by atoms with Gasteiger partial charge in [0.1, 0.15) is 0 Å². The van der Waals surface area contributed by atoms with Crippen molar-refractivity contribution in [3.8, 4) is 16.8 Å². The molecule has 0 unspecified atom stereocenters. The maximum atomic E-state index is 6.54. The van der Waals surface area contributed by atoms with Crippen LogP contribution in [0.2, 0.25) is 5.02 Å². The molecule has 0 aliphatic heterocycles. The molecule has 0 radical (unpaired) electrons. The lowest BCUT2D eigenvalue weighted by Gasteiger charge is -2.23. The fraction of sp³-hybridized carbons (Fsp3) is 0.286. The summed E-state index contributed by atoms with van der Waals surface area (Å²) in [5, 5.41) is 0.772. The van der Waals surface area contributed by atoms with E-state index in [-0.39, 0.29) is 5.41 Å². The molecule has 0 amide bonds. The summed E-state index contributed by atoms with van der Waals surface area (Å²) in [6.07, 6.45) is 5.52. The quantitative estimate of drug-likeness (QED) is 0.551. The van der Waals surface area contributed by atoms with E-state index in [0.29, 0.717) is 0 Å². The molecule has 0 aliphatic rings. The molecule has 2 nitrogen and oxygen atoms in total. The second kappa shape index (κ2) is 6.10. The molecule has 2 aromatic carbocycles. The Labute approximate surface area is 149 Å². The number of aryl methyl sites for hydroxylation is 2. The Kier molecular flexibility index (Phi) is 4.27. The highest BCUT2D eigenvalue weighted by Gasteiger charge is 2.18. The van der Waals surface area contributed by atoms with Crippen LogP contribution in [0.4, 0.5) is 0 Å². The SMILES string of the molecule is Cc1cc(C(C)(C)C)cc(C)c1-c1cc(-n2ccnc2)ccc1Cl. The van der Waals surface area contributed by atoms with E-state index in [1.807, 2.05) is 22.9 Å². The van der Waals surface area contributed by atoms with E-state index in [4.69, 9.17) is 11.6 Å². The lowest BCUT2D eigenvalue weighted by molar-refractivity contribution is 0.589. The van der Waals surface area contributed by atoms with E-state index in [0.717, 1.165) is 16.3 Å². The van der Waals surface area contributed by atoms with Crippen molar-refractivity contribution >= 4 is 11.6 Å². The van der Waals surface area contributed by atoms with Gasteiger partial charge < -0.3 is 4.57 Å². The maximum absolute atomic E-state index is 6.54. The van der Waals surface area contributed by atoms with Crippen molar-refractivity contribution in [1.82, 2.24) is 9.55 Å². The van der Waals surface area contributed by atoms with Crippen molar-refractivity contribution < 1.29 is 0 Å². The fourth-order valence-electron chi connectivity index (χ4n) is 3.10. The number of halogens is 1. The number of nitrogens with zero attached hydrogens (tertiary/aromatic N) is 2. The van der Waals surface area contributed by atoms with Crippen molar-refractivity contribution in [2.75, 3.05) is 0 Å². The van der Waals surface area contributed by atoms with E-state index >= 15 is 0 Å². The topological polar surface area (TPSA) is 17.8 Å². The molecule has 0 saturated heterocycles. The highest BCUT2D eigenvalue weighted by molar-refractivity contribution is 6.33. The molecule has 0 saturated carbocycles. The number of hydrogen-bond acceptors (Lipinski definition) is 1. The van der Waals surface area contributed by atoms with Crippen molar-refractivity contribution in [1.29, 1.82) is 0 Å². The monoisotopic (exact) mass is 338 g/mol. The molecule has 24 heavy (non-hydrogen) atoms. The second-order valence-electron chi connectivity index (χ2n) is 7.37. The summed E-state index contributed by atoms with van der Waals surface area (Å²) in [4.78, 5) is 4.13. The lowest BCUT2D eigenvalue weighted by Crippen LogP contribution is -2.12. The zero-order chi connectivity index (χ0) is 17.5. The van der Waals surface area contributed by atoms with Crippen LogP contribution in [0, 0.1) is 13.8 Å². The van der Waals surface area contributed by atoms with Gasteiger partial charge in [0.25, 0.3) is 0 Å². The number of aromatic nitrogens is 2. The Morgan fingerprint density at radius 2 is 1.67 bits per heavy atom. The highest BCUT2D eigenvalue weighted by Crippen LogP contribution is 2.37. The normalized spacial score (nSPS) is 11.8.